The van der Waals surface area contributed by atoms with E-state index in [4.69, 9.17) is 14.2 Å². The molecular weight excluding hydrogens is 322 g/mol. The van der Waals surface area contributed by atoms with E-state index in [0.29, 0.717) is 26.4 Å². The summed E-state index contributed by atoms with van der Waals surface area (Å²) in [7, 11) is 0. The van der Waals surface area contributed by atoms with Gasteiger partial charge in [0.15, 0.2) is 0 Å². The number of nitrogens with zero attached hydrogens (tertiary/aromatic N) is 1. The van der Waals surface area contributed by atoms with Crippen molar-refractivity contribution in [1.29, 1.82) is 0 Å². The summed E-state index contributed by atoms with van der Waals surface area (Å²) in [5.41, 5.74) is 0. The van der Waals surface area contributed by atoms with E-state index in [1.165, 1.54) is 25.9 Å². The molecule has 0 aromatic rings. The lowest BCUT2D eigenvalue weighted by Gasteiger charge is -2.15. The highest BCUT2D eigenvalue weighted by Gasteiger charge is 2.20. The molecule has 1 rings (SSSR count). The Labute approximate surface area is 132 Å². The van der Waals surface area contributed by atoms with Crippen LogP contribution >= 0.6 is 15.9 Å². The second-order valence-electron chi connectivity index (χ2n) is 5.30. The molecule has 4 nitrogen and oxygen atoms in total. The number of unbranched alkanes of at least 4 members (excludes halogenated alkanes) is 1. The molecule has 1 unspecified atom stereocenters. The number of likely N-dealkylation sites (tertiary alicyclic amines) is 1. The predicted octanol–water partition coefficient (Wildman–Crippen LogP) is 2.55. The molecule has 5 heteroatoms. The van der Waals surface area contributed by atoms with Gasteiger partial charge in [-0.05, 0) is 25.3 Å². The van der Waals surface area contributed by atoms with E-state index in [1.807, 2.05) is 0 Å². The van der Waals surface area contributed by atoms with Gasteiger partial charge < -0.3 is 19.1 Å². The molecule has 1 heterocycles. The molecule has 0 spiro atoms. The van der Waals surface area contributed by atoms with E-state index in [9.17, 15) is 0 Å². The van der Waals surface area contributed by atoms with Gasteiger partial charge in [0.05, 0.1) is 33.0 Å². The van der Waals surface area contributed by atoms with Crippen molar-refractivity contribution in [2.45, 2.75) is 26.2 Å². The van der Waals surface area contributed by atoms with Crippen LogP contribution < -0.4 is 0 Å². The Hall–Kier alpha value is 0.320. The number of rotatable bonds is 13. The first-order valence-electron chi connectivity index (χ1n) is 7.88. The molecule has 0 aliphatic carbocycles. The van der Waals surface area contributed by atoms with Crippen molar-refractivity contribution in [1.82, 2.24) is 4.90 Å². The van der Waals surface area contributed by atoms with E-state index in [1.54, 1.807) is 0 Å². The van der Waals surface area contributed by atoms with Crippen molar-refractivity contribution in [3.63, 3.8) is 0 Å². The molecule has 1 saturated heterocycles. The smallest absolute Gasteiger partial charge is 0.0701 e. The molecule has 0 radical (unpaired) electrons. The summed E-state index contributed by atoms with van der Waals surface area (Å²) in [5.74, 6) is 0.825. The van der Waals surface area contributed by atoms with Crippen LogP contribution in [-0.4, -0.2) is 69.5 Å². The maximum atomic E-state index is 5.59. The highest BCUT2D eigenvalue weighted by Crippen LogP contribution is 2.17. The van der Waals surface area contributed by atoms with Crippen LogP contribution in [-0.2, 0) is 14.2 Å². The fraction of sp³-hybridized carbons (Fsp3) is 1.00. The lowest BCUT2D eigenvalue weighted by Crippen LogP contribution is -2.26. The summed E-state index contributed by atoms with van der Waals surface area (Å²) in [5, 5.41) is 1.12. The van der Waals surface area contributed by atoms with Gasteiger partial charge in [0.25, 0.3) is 0 Å². The van der Waals surface area contributed by atoms with Gasteiger partial charge in [-0.3, -0.25) is 0 Å². The van der Waals surface area contributed by atoms with Gasteiger partial charge in [-0.25, -0.2) is 0 Å². The van der Waals surface area contributed by atoms with Gasteiger partial charge in [-0.2, -0.15) is 0 Å². The second-order valence-corrected chi connectivity index (χ2v) is 5.95. The van der Waals surface area contributed by atoms with Crippen molar-refractivity contribution < 1.29 is 14.2 Å². The molecule has 0 aromatic carbocycles. The third-order valence-electron chi connectivity index (χ3n) is 3.53. The number of hydrogen-bond donors (Lipinski definition) is 0. The van der Waals surface area contributed by atoms with Crippen molar-refractivity contribution in [2.24, 2.45) is 5.92 Å². The summed E-state index contributed by atoms with van der Waals surface area (Å²) < 4.78 is 16.5. The van der Waals surface area contributed by atoms with Gasteiger partial charge in [0.1, 0.15) is 0 Å². The number of hydrogen-bond acceptors (Lipinski definition) is 4. The van der Waals surface area contributed by atoms with Gasteiger partial charge in [-0.15, -0.1) is 0 Å². The van der Waals surface area contributed by atoms with Crippen molar-refractivity contribution >= 4 is 15.9 Å². The lowest BCUT2D eigenvalue weighted by molar-refractivity contribution is 0.0110. The lowest BCUT2D eigenvalue weighted by atomic mass is 10.2. The SMILES string of the molecule is CCCCOCCOCCOCCN1CCC(CBr)C1. The Balaban J connectivity index is 1.75. The minimum atomic E-state index is 0.668. The van der Waals surface area contributed by atoms with E-state index >= 15 is 0 Å². The van der Waals surface area contributed by atoms with Crippen LogP contribution in [0.4, 0.5) is 0 Å². The van der Waals surface area contributed by atoms with Crippen molar-refractivity contribution in [3.05, 3.63) is 0 Å². The van der Waals surface area contributed by atoms with Gasteiger partial charge in [0, 0.05) is 25.0 Å². The standard InChI is InChI=1S/C15H30BrNO3/c1-2-3-7-18-9-11-20-12-10-19-8-6-17-5-4-15(13-16)14-17/h15H,2-14H2,1H3. The molecule has 0 N–H and O–H groups in total. The van der Waals surface area contributed by atoms with Crippen LogP contribution in [0.15, 0.2) is 0 Å². The molecule has 120 valence electrons. The molecule has 1 aliphatic rings. The average Bonchev–Trinajstić information content (AvgIpc) is 2.93. The maximum absolute atomic E-state index is 5.59. The summed E-state index contributed by atoms with van der Waals surface area (Å²) in [6.45, 7) is 10.0. The normalized spacial score (nSPS) is 19.8. The minimum Gasteiger partial charge on any atom is -0.379 e. The first-order valence-corrected chi connectivity index (χ1v) is 9.00. The van der Waals surface area contributed by atoms with Crippen LogP contribution in [0.3, 0.4) is 0 Å². The Kier molecular flexibility index (Phi) is 12.0. The molecule has 0 bridgehead atoms. The minimum absolute atomic E-state index is 0.668. The number of halogens is 1. The van der Waals surface area contributed by atoms with E-state index in [-0.39, 0.29) is 0 Å². The van der Waals surface area contributed by atoms with Crippen molar-refractivity contribution in [2.75, 3.05) is 64.6 Å². The van der Waals surface area contributed by atoms with Crippen LogP contribution in [0.2, 0.25) is 0 Å². The topological polar surface area (TPSA) is 30.9 Å². The zero-order chi connectivity index (χ0) is 14.5. The van der Waals surface area contributed by atoms with Crippen LogP contribution in [0.25, 0.3) is 0 Å². The summed E-state index contributed by atoms with van der Waals surface area (Å²) >= 11 is 3.56. The van der Waals surface area contributed by atoms with Gasteiger partial charge >= 0.3 is 0 Å². The number of ether oxygens (including phenoxy) is 3. The zero-order valence-electron chi connectivity index (χ0n) is 12.8. The van der Waals surface area contributed by atoms with Crippen LogP contribution in [0, 0.1) is 5.92 Å². The molecule has 1 fully saturated rings. The molecule has 1 atom stereocenters. The Morgan fingerprint density at radius 1 is 1.00 bits per heavy atom. The Bertz CT molecular complexity index is 219. The Morgan fingerprint density at radius 2 is 1.65 bits per heavy atom. The van der Waals surface area contributed by atoms with Crippen LogP contribution in [0.5, 0.6) is 0 Å². The summed E-state index contributed by atoms with van der Waals surface area (Å²) in [6, 6.07) is 0. The summed E-state index contributed by atoms with van der Waals surface area (Å²) in [6.07, 6.45) is 3.63. The van der Waals surface area contributed by atoms with Crippen molar-refractivity contribution in [3.8, 4) is 0 Å². The third kappa shape index (κ3) is 9.29. The fourth-order valence-electron chi connectivity index (χ4n) is 2.22. The average molecular weight is 352 g/mol. The Morgan fingerprint density at radius 3 is 2.25 bits per heavy atom. The highest BCUT2D eigenvalue weighted by atomic mass is 79.9. The van der Waals surface area contributed by atoms with E-state index < -0.39 is 0 Å². The molecule has 20 heavy (non-hydrogen) atoms. The first-order chi connectivity index (χ1) is 9.86. The number of alkyl halides is 1. The van der Waals surface area contributed by atoms with Crippen LogP contribution in [0.1, 0.15) is 26.2 Å². The fourth-order valence-corrected chi connectivity index (χ4v) is 2.75. The maximum Gasteiger partial charge on any atom is 0.0701 e. The molecule has 1 aliphatic heterocycles. The molecular formula is C15H30BrNO3. The molecule has 0 saturated carbocycles. The first kappa shape index (κ1) is 18.4. The van der Waals surface area contributed by atoms with Gasteiger partial charge in [-0.1, -0.05) is 29.3 Å². The largest absolute Gasteiger partial charge is 0.379 e. The van der Waals surface area contributed by atoms with E-state index in [0.717, 1.165) is 37.4 Å². The van der Waals surface area contributed by atoms with E-state index in [2.05, 4.69) is 27.8 Å². The molecule has 0 amide bonds. The summed E-state index contributed by atoms with van der Waals surface area (Å²) in [4.78, 5) is 2.48. The van der Waals surface area contributed by atoms with Gasteiger partial charge in [0.2, 0.25) is 0 Å². The quantitative estimate of drug-likeness (QED) is 0.377. The highest BCUT2D eigenvalue weighted by molar-refractivity contribution is 9.09. The third-order valence-corrected chi connectivity index (χ3v) is 4.44. The monoisotopic (exact) mass is 351 g/mol. The molecule has 0 aromatic heterocycles. The zero-order valence-corrected chi connectivity index (χ0v) is 14.4. The second kappa shape index (κ2) is 13.0. The predicted molar refractivity (Wildman–Crippen MR) is 85.7 cm³/mol.